The summed E-state index contributed by atoms with van der Waals surface area (Å²) < 4.78 is 46.5. The molecule has 0 heterocycles. The molecule has 2 aromatic carbocycles. The Morgan fingerprint density at radius 3 is 2.52 bits per heavy atom. The van der Waals surface area contributed by atoms with Crippen molar-refractivity contribution in [2.75, 3.05) is 0 Å². The summed E-state index contributed by atoms with van der Waals surface area (Å²) in [6, 6.07) is 7.29. The summed E-state index contributed by atoms with van der Waals surface area (Å²) >= 11 is 0. The first-order valence-corrected chi connectivity index (χ1v) is 10.9. The van der Waals surface area contributed by atoms with Crippen molar-refractivity contribution in [1.29, 1.82) is 0 Å². The molecule has 1 fully saturated rings. The zero-order valence-corrected chi connectivity index (χ0v) is 17.4. The summed E-state index contributed by atoms with van der Waals surface area (Å²) in [5, 5.41) is 1.13. The van der Waals surface area contributed by atoms with Gasteiger partial charge < -0.3 is 4.74 Å². The van der Waals surface area contributed by atoms with E-state index in [0.717, 1.165) is 56.9 Å². The molecule has 0 aromatic heterocycles. The second kappa shape index (κ2) is 10.2. The molecule has 0 atom stereocenters. The van der Waals surface area contributed by atoms with Crippen LogP contribution in [0.1, 0.15) is 75.8 Å². The van der Waals surface area contributed by atoms with Gasteiger partial charge in [0, 0.05) is 10.9 Å². The lowest BCUT2D eigenvalue weighted by Crippen LogP contribution is -2.15. The molecule has 1 saturated carbocycles. The van der Waals surface area contributed by atoms with Crippen LogP contribution in [0.4, 0.5) is 13.2 Å². The number of hydrogen-bond acceptors (Lipinski definition) is 1. The molecule has 29 heavy (non-hydrogen) atoms. The van der Waals surface area contributed by atoms with Crippen molar-refractivity contribution in [2.24, 2.45) is 5.92 Å². The Kier molecular flexibility index (Phi) is 7.63. The summed E-state index contributed by atoms with van der Waals surface area (Å²) in [4.78, 5) is 0. The maximum atomic E-state index is 15.5. The number of hydrogen-bond donors (Lipinski definition) is 0. The van der Waals surface area contributed by atoms with Gasteiger partial charge in [0.1, 0.15) is 11.6 Å². The highest BCUT2D eigenvalue weighted by Gasteiger charge is 2.28. The molecule has 0 saturated heterocycles. The lowest BCUT2D eigenvalue weighted by molar-refractivity contribution is -0.0508. The zero-order valence-electron chi connectivity index (χ0n) is 17.4. The van der Waals surface area contributed by atoms with Crippen LogP contribution < -0.4 is 4.74 Å². The van der Waals surface area contributed by atoms with Crippen LogP contribution in [0, 0.1) is 11.7 Å². The number of aryl methyl sites for hydroxylation is 1. The molecule has 1 aliphatic carbocycles. The fraction of sp³-hybridized carbons (Fsp3) is 0.520. The summed E-state index contributed by atoms with van der Waals surface area (Å²) in [5.74, 6) is 0.0155. The average Bonchev–Trinajstić information content (AvgIpc) is 2.69. The first-order valence-electron chi connectivity index (χ1n) is 10.9. The van der Waals surface area contributed by atoms with E-state index in [4.69, 9.17) is 4.74 Å². The van der Waals surface area contributed by atoms with E-state index < -0.39 is 12.4 Å². The van der Waals surface area contributed by atoms with Gasteiger partial charge in [-0.15, -0.1) is 0 Å². The molecule has 1 aliphatic rings. The van der Waals surface area contributed by atoms with E-state index in [1.54, 1.807) is 12.1 Å². The van der Waals surface area contributed by atoms with Crippen molar-refractivity contribution in [3.63, 3.8) is 0 Å². The van der Waals surface area contributed by atoms with Gasteiger partial charge in [0.05, 0.1) is 0 Å². The van der Waals surface area contributed by atoms with Crippen LogP contribution in [-0.2, 0) is 6.42 Å². The molecule has 0 spiro atoms. The number of benzene rings is 2. The van der Waals surface area contributed by atoms with Crippen LogP contribution in [-0.4, -0.2) is 6.61 Å². The molecular weight excluding hydrogens is 373 g/mol. The quantitative estimate of drug-likeness (QED) is 0.318. The van der Waals surface area contributed by atoms with Crippen LogP contribution in [0.3, 0.4) is 0 Å². The highest BCUT2D eigenvalue weighted by atomic mass is 19.3. The number of ether oxygens (including phenoxy) is 1. The SMILES string of the molecule is C/C=C/C1CCC(c2c(OC(F)F)cc3cc(CCCCC)ccc3c2F)CC1. The van der Waals surface area contributed by atoms with E-state index in [1.807, 2.05) is 25.1 Å². The van der Waals surface area contributed by atoms with Gasteiger partial charge in [-0.3, -0.25) is 0 Å². The Bertz CT molecular complexity index is 836. The van der Waals surface area contributed by atoms with Gasteiger partial charge >= 0.3 is 6.61 Å². The van der Waals surface area contributed by atoms with Gasteiger partial charge in [-0.1, -0.05) is 50.1 Å². The topological polar surface area (TPSA) is 9.23 Å². The van der Waals surface area contributed by atoms with Gasteiger partial charge in [-0.2, -0.15) is 8.78 Å². The largest absolute Gasteiger partial charge is 0.434 e. The van der Waals surface area contributed by atoms with Gasteiger partial charge in [0.25, 0.3) is 0 Å². The second-order valence-electron chi connectivity index (χ2n) is 8.13. The minimum atomic E-state index is -2.96. The lowest BCUT2D eigenvalue weighted by Gasteiger charge is -2.29. The van der Waals surface area contributed by atoms with Gasteiger partial charge in [0.15, 0.2) is 0 Å². The van der Waals surface area contributed by atoms with Gasteiger partial charge in [-0.05, 0) is 74.3 Å². The van der Waals surface area contributed by atoms with Crippen LogP contribution >= 0.6 is 0 Å². The van der Waals surface area contributed by atoms with Crippen molar-refractivity contribution >= 4 is 10.8 Å². The Labute approximate surface area is 172 Å². The second-order valence-corrected chi connectivity index (χ2v) is 8.13. The van der Waals surface area contributed by atoms with Crippen LogP contribution in [0.15, 0.2) is 36.4 Å². The maximum Gasteiger partial charge on any atom is 0.387 e. The van der Waals surface area contributed by atoms with E-state index in [9.17, 15) is 8.78 Å². The van der Waals surface area contributed by atoms with Crippen molar-refractivity contribution < 1.29 is 17.9 Å². The zero-order chi connectivity index (χ0) is 20.8. The van der Waals surface area contributed by atoms with Crippen molar-refractivity contribution in [3.8, 4) is 5.75 Å². The molecule has 0 bridgehead atoms. The standard InChI is InChI=1S/C25H31F3O/c1-3-5-6-8-18-11-14-21-20(15-18)16-22(29-25(27)28)23(24(21)26)19-12-9-17(7-4-2)10-13-19/h4,7,11,14-17,19,25H,3,5-6,8-10,12-13H2,1-2H3/b7-4+. The summed E-state index contributed by atoms with van der Waals surface area (Å²) in [6.07, 6.45) is 11.9. The molecule has 0 radical (unpaired) electrons. The van der Waals surface area contributed by atoms with E-state index in [0.29, 0.717) is 22.3 Å². The smallest absolute Gasteiger partial charge is 0.387 e. The third-order valence-corrected chi connectivity index (χ3v) is 6.07. The van der Waals surface area contributed by atoms with Gasteiger partial charge in [0.2, 0.25) is 0 Å². The number of alkyl halides is 2. The van der Waals surface area contributed by atoms with E-state index in [-0.39, 0.29) is 11.7 Å². The molecule has 3 rings (SSSR count). The first kappa shape index (κ1) is 21.7. The maximum absolute atomic E-state index is 15.5. The normalized spacial score (nSPS) is 20.1. The minimum absolute atomic E-state index is 0.00481. The van der Waals surface area contributed by atoms with E-state index >= 15 is 4.39 Å². The number of fused-ring (bicyclic) bond motifs is 1. The van der Waals surface area contributed by atoms with Crippen LogP contribution in [0.25, 0.3) is 10.8 Å². The fourth-order valence-electron chi connectivity index (χ4n) is 4.58. The number of unbranched alkanes of at least 4 members (excludes halogenated alkanes) is 2. The Morgan fingerprint density at radius 2 is 1.86 bits per heavy atom. The van der Waals surface area contributed by atoms with Gasteiger partial charge in [-0.25, -0.2) is 4.39 Å². The monoisotopic (exact) mass is 404 g/mol. The Balaban J connectivity index is 1.95. The van der Waals surface area contributed by atoms with Crippen molar-refractivity contribution in [2.45, 2.75) is 77.7 Å². The molecule has 0 aliphatic heterocycles. The van der Waals surface area contributed by atoms with Crippen molar-refractivity contribution in [1.82, 2.24) is 0 Å². The number of rotatable bonds is 8. The third-order valence-electron chi connectivity index (χ3n) is 6.07. The number of halogens is 3. The average molecular weight is 405 g/mol. The van der Waals surface area contributed by atoms with Crippen molar-refractivity contribution in [3.05, 3.63) is 53.4 Å². The molecule has 0 amide bonds. The highest BCUT2D eigenvalue weighted by molar-refractivity contribution is 5.86. The van der Waals surface area contributed by atoms with Crippen LogP contribution in [0.2, 0.25) is 0 Å². The molecule has 2 aromatic rings. The molecule has 1 nitrogen and oxygen atoms in total. The first-order chi connectivity index (χ1) is 14.0. The fourth-order valence-corrected chi connectivity index (χ4v) is 4.58. The predicted octanol–water partition coefficient (Wildman–Crippen LogP) is 8.16. The predicted molar refractivity (Wildman–Crippen MR) is 113 cm³/mol. The Hall–Kier alpha value is -1.97. The highest BCUT2D eigenvalue weighted by Crippen LogP contribution is 2.44. The molecule has 0 N–H and O–H groups in total. The molecular formula is C25H31F3O. The van der Waals surface area contributed by atoms with E-state index in [1.165, 1.54) is 0 Å². The summed E-state index contributed by atoms with van der Waals surface area (Å²) in [5.41, 5.74) is 1.43. The number of allylic oxidation sites excluding steroid dienone is 2. The van der Waals surface area contributed by atoms with E-state index in [2.05, 4.69) is 13.0 Å². The minimum Gasteiger partial charge on any atom is -0.434 e. The third kappa shape index (κ3) is 5.34. The molecule has 4 heteroatoms. The van der Waals surface area contributed by atoms with Crippen LogP contribution in [0.5, 0.6) is 5.75 Å². The summed E-state index contributed by atoms with van der Waals surface area (Å²) in [7, 11) is 0. The molecule has 0 unspecified atom stereocenters. The summed E-state index contributed by atoms with van der Waals surface area (Å²) in [6.45, 7) is 1.19. The molecule has 158 valence electrons. The lowest BCUT2D eigenvalue weighted by atomic mass is 9.77. The Morgan fingerprint density at radius 1 is 1.10 bits per heavy atom.